The van der Waals surface area contributed by atoms with Crippen LogP contribution in [-0.4, -0.2) is 31.8 Å². The van der Waals surface area contributed by atoms with Gasteiger partial charge in [-0.05, 0) is 41.5 Å². The van der Waals surface area contributed by atoms with Crippen molar-refractivity contribution in [1.82, 2.24) is 10.3 Å². The van der Waals surface area contributed by atoms with E-state index in [9.17, 15) is 4.79 Å². The van der Waals surface area contributed by atoms with Crippen LogP contribution in [0.2, 0.25) is 0 Å². The van der Waals surface area contributed by atoms with Gasteiger partial charge in [-0.3, -0.25) is 4.79 Å². The maximum atomic E-state index is 12.0. The van der Waals surface area contributed by atoms with Crippen molar-refractivity contribution in [3.63, 3.8) is 0 Å². The summed E-state index contributed by atoms with van der Waals surface area (Å²) < 4.78 is 10.6. The van der Waals surface area contributed by atoms with Crippen molar-refractivity contribution in [2.45, 2.75) is 6.54 Å². The molecule has 1 amide bonds. The van der Waals surface area contributed by atoms with E-state index in [0.29, 0.717) is 12.3 Å². The Bertz CT molecular complexity index is 772. The van der Waals surface area contributed by atoms with Gasteiger partial charge in [0.25, 0.3) is 0 Å². The molecule has 6 nitrogen and oxygen atoms in total. The number of rotatable bonds is 5. The molecule has 1 aromatic heterocycles. The van der Waals surface area contributed by atoms with E-state index in [-0.39, 0.29) is 12.7 Å². The van der Waals surface area contributed by atoms with Gasteiger partial charge in [0, 0.05) is 32.9 Å². The number of anilines is 1. The molecule has 1 aromatic carbocycles. The summed E-state index contributed by atoms with van der Waals surface area (Å²) in [6, 6.07) is 9.39. The van der Waals surface area contributed by atoms with Gasteiger partial charge < -0.3 is 19.7 Å². The minimum atomic E-state index is -0.157. The van der Waals surface area contributed by atoms with Crippen molar-refractivity contribution in [2.24, 2.45) is 0 Å². The molecule has 0 unspecified atom stereocenters. The third-order valence-electron chi connectivity index (χ3n) is 3.56. The van der Waals surface area contributed by atoms with Crippen LogP contribution in [0, 0.1) is 0 Å². The highest BCUT2D eigenvalue weighted by Crippen LogP contribution is 2.32. The summed E-state index contributed by atoms with van der Waals surface area (Å²) in [7, 11) is 3.86. The maximum absolute atomic E-state index is 12.0. The Morgan fingerprint density at radius 3 is 2.92 bits per heavy atom. The van der Waals surface area contributed by atoms with E-state index in [0.717, 1.165) is 22.7 Å². The average molecular weight is 325 g/mol. The van der Waals surface area contributed by atoms with Crippen LogP contribution in [0.5, 0.6) is 11.5 Å². The van der Waals surface area contributed by atoms with Crippen LogP contribution >= 0.6 is 0 Å². The van der Waals surface area contributed by atoms with E-state index in [4.69, 9.17) is 9.47 Å². The smallest absolute Gasteiger partial charge is 0.244 e. The zero-order chi connectivity index (χ0) is 16.9. The second kappa shape index (κ2) is 7.04. The Hall–Kier alpha value is -3.02. The Labute approximate surface area is 140 Å². The fraction of sp³-hybridized carbons (Fsp3) is 0.222. The topological polar surface area (TPSA) is 63.7 Å². The summed E-state index contributed by atoms with van der Waals surface area (Å²) in [5.41, 5.74) is 1.88. The molecule has 0 saturated heterocycles. The van der Waals surface area contributed by atoms with Crippen LogP contribution in [0.1, 0.15) is 11.1 Å². The predicted molar refractivity (Wildman–Crippen MR) is 92.0 cm³/mol. The van der Waals surface area contributed by atoms with Gasteiger partial charge in [-0.25, -0.2) is 4.98 Å². The van der Waals surface area contributed by atoms with Crippen LogP contribution in [0.25, 0.3) is 6.08 Å². The van der Waals surface area contributed by atoms with Crippen molar-refractivity contribution >= 4 is 17.8 Å². The van der Waals surface area contributed by atoms with E-state index in [2.05, 4.69) is 10.3 Å². The molecule has 1 aliphatic rings. The lowest BCUT2D eigenvalue weighted by Crippen LogP contribution is -2.20. The molecule has 0 atom stereocenters. The van der Waals surface area contributed by atoms with E-state index < -0.39 is 0 Å². The standard InChI is InChI=1S/C18H19N3O3/c1-21(2)17-10-14(7-8-19-17)11-20-18(22)6-4-13-3-5-15-16(9-13)24-12-23-15/h3-10H,11-12H2,1-2H3,(H,20,22)/b6-4+. The summed E-state index contributed by atoms with van der Waals surface area (Å²) in [6.45, 7) is 0.692. The number of nitrogens with zero attached hydrogens (tertiary/aromatic N) is 2. The number of amides is 1. The summed E-state index contributed by atoms with van der Waals surface area (Å²) in [6.07, 6.45) is 4.99. The number of carbonyl (C=O) groups excluding carboxylic acids is 1. The SMILES string of the molecule is CN(C)c1cc(CNC(=O)/C=C/c2ccc3c(c2)OCO3)ccn1. The van der Waals surface area contributed by atoms with Gasteiger partial charge in [-0.1, -0.05) is 6.07 Å². The van der Waals surface area contributed by atoms with Crippen LogP contribution in [-0.2, 0) is 11.3 Å². The molecule has 1 N–H and O–H groups in total. The van der Waals surface area contributed by atoms with Gasteiger partial charge >= 0.3 is 0 Å². The van der Waals surface area contributed by atoms with Gasteiger partial charge in [0.05, 0.1) is 0 Å². The molecule has 2 heterocycles. The Morgan fingerprint density at radius 2 is 2.08 bits per heavy atom. The molecule has 0 spiro atoms. The zero-order valence-electron chi connectivity index (χ0n) is 13.7. The molecule has 0 radical (unpaired) electrons. The molecule has 24 heavy (non-hydrogen) atoms. The monoisotopic (exact) mass is 325 g/mol. The highest BCUT2D eigenvalue weighted by Gasteiger charge is 2.12. The summed E-state index contributed by atoms with van der Waals surface area (Å²) in [5.74, 6) is 2.13. The van der Waals surface area contributed by atoms with Crippen molar-refractivity contribution in [2.75, 3.05) is 25.8 Å². The van der Waals surface area contributed by atoms with Crippen molar-refractivity contribution in [3.8, 4) is 11.5 Å². The largest absolute Gasteiger partial charge is 0.454 e. The van der Waals surface area contributed by atoms with Crippen molar-refractivity contribution in [1.29, 1.82) is 0 Å². The van der Waals surface area contributed by atoms with Gasteiger partial charge in [0.15, 0.2) is 11.5 Å². The minimum Gasteiger partial charge on any atom is -0.454 e. The summed E-state index contributed by atoms with van der Waals surface area (Å²) in [4.78, 5) is 18.1. The maximum Gasteiger partial charge on any atom is 0.244 e. The molecule has 1 aliphatic heterocycles. The lowest BCUT2D eigenvalue weighted by Gasteiger charge is -2.12. The van der Waals surface area contributed by atoms with Gasteiger partial charge in [0.1, 0.15) is 5.82 Å². The quantitative estimate of drug-likeness (QED) is 0.854. The van der Waals surface area contributed by atoms with E-state index >= 15 is 0 Å². The first kappa shape index (κ1) is 15.9. The molecule has 0 saturated carbocycles. The van der Waals surface area contributed by atoms with Gasteiger partial charge in [0.2, 0.25) is 12.7 Å². The zero-order valence-corrected chi connectivity index (χ0v) is 13.7. The van der Waals surface area contributed by atoms with Crippen LogP contribution in [0.15, 0.2) is 42.6 Å². The number of fused-ring (bicyclic) bond motifs is 1. The first-order valence-corrected chi connectivity index (χ1v) is 7.59. The minimum absolute atomic E-state index is 0.157. The fourth-order valence-electron chi connectivity index (χ4n) is 2.25. The first-order valence-electron chi connectivity index (χ1n) is 7.59. The highest BCUT2D eigenvalue weighted by molar-refractivity contribution is 5.91. The first-order chi connectivity index (χ1) is 11.6. The molecule has 2 aromatic rings. The Kier molecular flexibility index (Phi) is 4.65. The second-order valence-electron chi connectivity index (χ2n) is 5.58. The van der Waals surface area contributed by atoms with Crippen LogP contribution < -0.4 is 19.7 Å². The number of nitrogens with one attached hydrogen (secondary N) is 1. The number of ether oxygens (including phenoxy) is 2. The number of hydrogen-bond acceptors (Lipinski definition) is 5. The fourth-order valence-corrected chi connectivity index (χ4v) is 2.25. The molecule has 6 heteroatoms. The third-order valence-corrected chi connectivity index (χ3v) is 3.56. The molecule has 3 rings (SSSR count). The molecule has 0 fully saturated rings. The normalized spacial score (nSPS) is 12.4. The number of carbonyl (C=O) groups is 1. The number of hydrogen-bond donors (Lipinski definition) is 1. The lowest BCUT2D eigenvalue weighted by atomic mass is 10.2. The lowest BCUT2D eigenvalue weighted by molar-refractivity contribution is -0.116. The van der Waals surface area contributed by atoms with E-state index in [1.807, 2.05) is 49.3 Å². The third kappa shape index (κ3) is 3.84. The number of pyridine rings is 1. The van der Waals surface area contributed by atoms with E-state index in [1.54, 1.807) is 12.3 Å². The number of aromatic nitrogens is 1. The average Bonchev–Trinajstić information content (AvgIpc) is 3.06. The van der Waals surface area contributed by atoms with Crippen molar-refractivity contribution < 1.29 is 14.3 Å². The molecular weight excluding hydrogens is 306 g/mol. The molecule has 0 bridgehead atoms. The molecular formula is C18H19N3O3. The van der Waals surface area contributed by atoms with Gasteiger partial charge in [-0.2, -0.15) is 0 Å². The van der Waals surface area contributed by atoms with Gasteiger partial charge in [-0.15, -0.1) is 0 Å². The summed E-state index contributed by atoms with van der Waals surface area (Å²) in [5, 5.41) is 2.86. The Morgan fingerprint density at radius 1 is 1.25 bits per heavy atom. The van der Waals surface area contributed by atoms with Crippen molar-refractivity contribution in [3.05, 3.63) is 53.7 Å². The van der Waals surface area contributed by atoms with Crippen LogP contribution in [0.4, 0.5) is 5.82 Å². The summed E-state index contributed by atoms with van der Waals surface area (Å²) >= 11 is 0. The Balaban J connectivity index is 1.56. The van der Waals surface area contributed by atoms with E-state index in [1.165, 1.54) is 6.08 Å². The molecule has 124 valence electrons. The molecule has 0 aliphatic carbocycles. The predicted octanol–water partition coefficient (Wildman–Crippen LogP) is 2.21. The number of benzene rings is 1. The second-order valence-corrected chi connectivity index (χ2v) is 5.58. The van der Waals surface area contributed by atoms with Crippen LogP contribution in [0.3, 0.4) is 0 Å². The highest BCUT2D eigenvalue weighted by atomic mass is 16.7.